The summed E-state index contributed by atoms with van der Waals surface area (Å²) < 4.78 is 40.3. The smallest absolute Gasteiger partial charge is 0.338 e. The highest BCUT2D eigenvalue weighted by Crippen LogP contribution is 2.35. The minimum Gasteiger partial charge on any atom is -0.338 e. The molecular weight excluding hydrogens is 231 g/mol. The van der Waals surface area contributed by atoms with Crippen LogP contribution in [0.5, 0.6) is 0 Å². The van der Waals surface area contributed by atoms with Gasteiger partial charge in [0, 0.05) is 31.9 Å². The van der Waals surface area contributed by atoms with Gasteiger partial charge in [-0.3, -0.25) is 0 Å². The molecule has 1 aromatic heterocycles. The first kappa shape index (κ1) is 12.4. The molecule has 3 nitrogen and oxygen atoms in total. The minimum atomic E-state index is -4.12. The maximum Gasteiger partial charge on any atom is 0.393 e. The lowest BCUT2D eigenvalue weighted by Gasteiger charge is -2.33. The van der Waals surface area contributed by atoms with Gasteiger partial charge in [0.25, 0.3) is 0 Å². The van der Waals surface area contributed by atoms with E-state index in [-0.39, 0.29) is 6.42 Å². The molecule has 0 saturated carbocycles. The van der Waals surface area contributed by atoms with Crippen molar-refractivity contribution in [1.29, 1.82) is 0 Å². The van der Waals surface area contributed by atoms with E-state index in [4.69, 9.17) is 0 Å². The summed E-state index contributed by atoms with van der Waals surface area (Å²) in [5, 5.41) is 2.97. The van der Waals surface area contributed by atoms with Crippen LogP contribution in [0.15, 0.2) is 12.4 Å². The number of aryl methyl sites for hydroxylation is 1. The monoisotopic (exact) mass is 247 g/mol. The van der Waals surface area contributed by atoms with Crippen molar-refractivity contribution in [2.45, 2.75) is 31.5 Å². The summed E-state index contributed by atoms with van der Waals surface area (Å²) in [6.45, 7) is 0.654. The maximum atomic E-state index is 12.9. The normalized spacial score (nSPS) is 26.1. The van der Waals surface area contributed by atoms with Crippen LogP contribution in [-0.4, -0.2) is 28.3 Å². The van der Waals surface area contributed by atoms with E-state index in [1.807, 2.05) is 0 Å². The second-order valence-corrected chi connectivity index (χ2v) is 4.51. The number of nitrogens with zero attached hydrogens (tertiary/aromatic N) is 2. The summed E-state index contributed by atoms with van der Waals surface area (Å²) in [6.07, 6.45) is 0.366. The molecule has 0 aliphatic carbocycles. The van der Waals surface area contributed by atoms with Gasteiger partial charge in [-0.25, -0.2) is 4.98 Å². The first-order valence-electron chi connectivity index (χ1n) is 5.75. The molecule has 1 aliphatic rings. The zero-order valence-electron chi connectivity index (χ0n) is 9.67. The van der Waals surface area contributed by atoms with Crippen molar-refractivity contribution >= 4 is 0 Å². The first-order chi connectivity index (χ1) is 7.98. The average Bonchev–Trinajstić information content (AvgIpc) is 2.64. The fourth-order valence-electron chi connectivity index (χ4n) is 2.35. The number of nitrogens with one attached hydrogen (secondary N) is 1. The molecule has 2 atom stereocenters. The van der Waals surface area contributed by atoms with Crippen molar-refractivity contribution < 1.29 is 13.2 Å². The number of piperidine rings is 1. The fourth-order valence-corrected chi connectivity index (χ4v) is 2.35. The number of rotatable bonds is 2. The maximum absolute atomic E-state index is 12.9. The molecule has 6 heteroatoms. The first-order valence-corrected chi connectivity index (χ1v) is 5.75. The fraction of sp³-hybridized carbons (Fsp3) is 0.727. The van der Waals surface area contributed by atoms with E-state index in [1.165, 1.54) is 0 Å². The van der Waals surface area contributed by atoms with Crippen LogP contribution < -0.4 is 5.32 Å². The van der Waals surface area contributed by atoms with Gasteiger partial charge in [0.2, 0.25) is 0 Å². The number of alkyl halides is 3. The van der Waals surface area contributed by atoms with Gasteiger partial charge < -0.3 is 9.88 Å². The SMILES string of the molecule is Cn1ccnc1CC1NCCCC1C(F)(F)F. The third-order valence-corrected chi connectivity index (χ3v) is 3.33. The van der Waals surface area contributed by atoms with Crippen molar-refractivity contribution in [3.63, 3.8) is 0 Å². The molecule has 2 rings (SSSR count). The Morgan fingerprint density at radius 1 is 1.53 bits per heavy atom. The molecule has 0 radical (unpaired) electrons. The van der Waals surface area contributed by atoms with Gasteiger partial charge in [-0.1, -0.05) is 0 Å². The molecule has 17 heavy (non-hydrogen) atoms. The molecule has 0 aromatic carbocycles. The quantitative estimate of drug-likeness (QED) is 0.865. The molecule has 1 fully saturated rings. The van der Waals surface area contributed by atoms with Gasteiger partial charge in [-0.2, -0.15) is 13.2 Å². The van der Waals surface area contributed by atoms with Crippen LogP contribution in [0.25, 0.3) is 0 Å². The predicted octanol–water partition coefficient (Wildman–Crippen LogP) is 1.89. The summed E-state index contributed by atoms with van der Waals surface area (Å²) in [5.41, 5.74) is 0. The molecule has 2 unspecified atom stereocenters. The van der Waals surface area contributed by atoms with Gasteiger partial charge in [-0.15, -0.1) is 0 Å². The minimum absolute atomic E-state index is 0.214. The van der Waals surface area contributed by atoms with Crippen molar-refractivity contribution in [3.05, 3.63) is 18.2 Å². The lowest BCUT2D eigenvalue weighted by Crippen LogP contribution is -2.49. The Hall–Kier alpha value is -1.04. The largest absolute Gasteiger partial charge is 0.393 e. The van der Waals surface area contributed by atoms with Crippen LogP contribution >= 0.6 is 0 Å². The summed E-state index contributed by atoms with van der Waals surface area (Å²) in [6, 6.07) is -0.551. The van der Waals surface area contributed by atoms with Gasteiger partial charge in [0.1, 0.15) is 5.82 Å². The molecule has 1 N–H and O–H groups in total. The molecule has 0 amide bonds. The van der Waals surface area contributed by atoms with E-state index in [9.17, 15) is 13.2 Å². The van der Waals surface area contributed by atoms with Crippen molar-refractivity contribution in [2.75, 3.05) is 6.54 Å². The highest BCUT2D eigenvalue weighted by molar-refractivity contribution is 4.98. The van der Waals surface area contributed by atoms with E-state index < -0.39 is 18.1 Å². The van der Waals surface area contributed by atoms with Crippen LogP contribution in [0.2, 0.25) is 0 Å². The molecule has 0 spiro atoms. The second kappa shape index (κ2) is 4.68. The Labute approximate surface area is 98.0 Å². The van der Waals surface area contributed by atoms with Crippen LogP contribution in [0, 0.1) is 5.92 Å². The lowest BCUT2D eigenvalue weighted by atomic mass is 9.88. The molecular formula is C11H16F3N3. The Morgan fingerprint density at radius 3 is 2.88 bits per heavy atom. The zero-order chi connectivity index (χ0) is 12.5. The number of hydrogen-bond donors (Lipinski definition) is 1. The van der Waals surface area contributed by atoms with E-state index in [0.717, 1.165) is 0 Å². The van der Waals surface area contributed by atoms with Gasteiger partial charge in [0.05, 0.1) is 5.92 Å². The molecule has 1 aromatic rings. The zero-order valence-corrected chi connectivity index (χ0v) is 9.67. The van der Waals surface area contributed by atoms with E-state index in [1.54, 1.807) is 24.0 Å². The third-order valence-electron chi connectivity index (χ3n) is 3.33. The van der Waals surface area contributed by atoms with Crippen LogP contribution in [0.4, 0.5) is 13.2 Å². The van der Waals surface area contributed by atoms with Crippen molar-refractivity contribution in [2.24, 2.45) is 13.0 Å². The summed E-state index contributed by atoms with van der Waals surface area (Å²) in [5.74, 6) is -0.563. The number of aromatic nitrogens is 2. The van der Waals surface area contributed by atoms with Gasteiger partial charge in [0.15, 0.2) is 0 Å². The van der Waals surface area contributed by atoms with Crippen molar-refractivity contribution in [1.82, 2.24) is 14.9 Å². The molecule has 96 valence electrons. The molecule has 1 aliphatic heterocycles. The van der Waals surface area contributed by atoms with Gasteiger partial charge >= 0.3 is 6.18 Å². The highest BCUT2D eigenvalue weighted by atomic mass is 19.4. The Balaban J connectivity index is 2.10. The topological polar surface area (TPSA) is 29.9 Å². The van der Waals surface area contributed by atoms with E-state index in [0.29, 0.717) is 25.2 Å². The van der Waals surface area contributed by atoms with Crippen molar-refractivity contribution in [3.8, 4) is 0 Å². The number of halogens is 3. The molecule has 2 heterocycles. The summed E-state index contributed by atoms with van der Waals surface area (Å²) in [7, 11) is 1.80. The van der Waals surface area contributed by atoms with E-state index in [2.05, 4.69) is 10.3 Å². The Kier molecular flexibility index (Phi) is 3.42. The Bertz CT molecular complexity index is 372. The number of hydrogen-bond acceptors (Lipinski definition) is 2. The predicted molar refractivity (Wildman–Crippen MR) is 57.5 cm³/mol. The van der Waals surface area contributed by atoms with E-state index >= 15 is 0 Å². The van der Waals surface area contributed by atoms with Crippen LogP contribution in [0.3, 0.4) is 0 Å². The van der Waals surface area contributed by atoms with Gasteiger partial charge in [-0.05, 0) is 19.4 Å². The second-order valence-electron chi connectivity index (χ2n) is 4.51. The highest BCUT2D eigenvalue weighted by Gasteiger charge is 2.45. The third kappa shape index (κ3) is 2.80. The molecule has 1 saturated heterocycles. The summed E-state index contributed by atoms with van der Waals surface area (Å²) >= 11 is 0. The number of imidazole rings is 1. The summed E-state index contributed by atoms with van der Waals surface area (Å²) in [4.78, 5) is 4.08. The Morgan fingerprint density at radius 2 is 2.29 bits per heavy atom. The lowest BCUT2D eigenvalue weighted by molar-refractivity contribution is -0.188. The van der Waals surface area contributed by atoms with Crippen LogP contribution in [0.1, 0.15) is 18.7 Å². The van der Waals surface area contributed by atoms with Crippen LogP contribution in [-0.2, 0) is 13.5 Å². The molecule has 0 bridgehead atoms. The standard InChI is InChI=1S/C11H16F3N3/c1-17-6-5-16-10(17)7-9-8(11(12,13)14)3-2-4-15-9/h5-6,8-9,15H,2-4,7H2,1H3. The average molecular weight is 247 g/mol.